The zero-order valence-electron chi connectivity index (χ0n) is 11.9. The van der Waals surface area contributed by atoms with Crippen molar-refractivity contribution in [1.29, 1.82) is 0 Å². The summed E-state index contributed by atoms with van der Waals surface area (Å²) >= 11 is 4.94. The Morgan fingerprint density at radius 1 is 1.35 bits per heavy atom. The number of primary amides is 1. The number of carbonyl (C=O) groups is 1. The second kappa shape index (κ2) is 5.99. The first kappa shape index (κ1) is 16.6. The summed E-state index contributed by atoms with van der Waals surface area (Å²) in [5, 5.41) is 0.668. The molecule has 10 heteroatoms. The van der Waals surface area contributed by atoms with E-state index in [9.17, 15) is 17.8 Å². The number of fused-ring (bicyclic) bond motifs is 1. The van der Waals surface area contributed by atoms with E-state index in [4.69, 9.17) is 17.3 Å². The first-order chi connectivity index (χ1) is 10.8. The predicted octanol–water partition coefficient (Wildman–Crippen LogP) is 0.673. The number of amides is 1. The Kier molecular flexibility index (Phi) is 4.32. The normalized spacial score (nSPS) is 17.7. The SMILES string of the molecule is NC(=O)c1[nH]c2ccc(Cl)cc2c1S(=O)(=O)N1CC[S+]([O-])CC1. The highest BCUT2D eigenvalue weighted by Crippen LogP contribution is 2.32. The van der Waals surface area contributed by atoms with Gasteiger partial charge in [0.15, 0.2) is 0 Å². The van der Waals surface area contributed by atoms with Crippen LogP contribution in [0.4, 0.5) is 0 Å². The van der Waals surface area contributed by atoms with Crippen molar-refractivity contribution in [3.8, 4) is 0 Å². The van der Waals surface area contributed by atoms with Gasteiger partial charge >= 0.3 is 0 Å². The molecule has 124 valence electrons. The monoisotopic (exact) mass is 375 g/mol. The minimum absolute atomic E-state index is 0.139. The molecule has 1 aliphatic heterocycles. The number of rotatable bonds is 3. The molecule has 23 heavy (non-hydrogen) atoms. The van der Waals surface area contributed by atoms with E-state index in [1.165, 1.54) is 10.4 Å². The van der Waals surface area contributed by atoms with Gasteiger partial charge in [-0.25, -0.2) is 8.42 Å². The van der Waals surface area contributed by atoms with E-state index in [0.717, 1.165) is 0 Å². The summed E-state index contributed by atoms with van der Waals surface area (Å²) in [5.41, 5.74) is 5.62. The van der Waals surface area contributed by atoms with E-state index in [-0.39, 0.29) is 35.2 Å². The molecule has 0 spiro atoms. The molecule has 1 amide bonds. The molecular weight excluding hydrogens is 362 g/mol. The lowest BCUT2D eigenvalue weighted by atomic mass is 10.2. The topological polar surface area (TPSA) is 119 Å². The van der Waals surface area contributed by atoms with Crippen molar-refractivity contribution in [3.05, 3.63) is 28.9 Å². The van der Waals surface area contributed by atoms with Crippen LogP contribution in [-0.4, -0.2) is 52.8 Å². The Labute approximate surface area is 141 Å². The molecule has 1 aromatic carbocycles. The van der Waals surface area contributed by atoms with Gasteiger partial charge in [-0.05, 0) is 18.2 Å². The lowest BCUT2D eigenvalue weighted by Crippen LogP contribution is -2.44. The summed E-state index contributed by atoms with van der Waals surface area (Å²) < 4.78 is 38.6. The number of carbonyl (C=O) groups excluding carboxylic acids is 1. The fourth-order valence-corrected chi connectivity index (χ4v) is 5.80. The van der Waals surface area contributed by atoms with Gasteiger partial charge in [-0.15, -0.1) is 0 Å². The molecule has 0 unspecified atom stereocenters. The van der Waals surface area contributed by atoms with Crippen LogP contribution in [0.2, 0.25) is 5.02 Å². The fourth-order valence-electron chi connectivity index (χ4n) is 2.57. The van der Waals surface area contributed by atoms with Crippen LogP contribution in [0.25, 0.3) is 10.9 Å². The van der Waals surface area contributed by atoms with Crippen LogP contribution in [0.15, 0.2) is 23.1 Å². The molecule has 3 rings (SSSR count). The smallest absolute Gasteiger partial charge is 0.266 e. The van der Waals surface area contributed by atoms with E-state index >= 15 is 0 Å². The average molecular weight is 376 g/mol. The number of halogens is 1. The van der Waals surface area contributed by atoms with Gasteiger partial charge in [-0.1, -0.05) is 22.8 Å². The van der Waals surface area contributed by atoms with Gasteiger partial charge in [0.1, 0.15) is 22.1 Å². The summed E-state index contributed by atoms with van der Waals surface area (Å²) in [6, 6.07) is 4.66. The van der Waals surface area contributed by atoms with Crippen molar-refractivity contribution in [3.63, 3.8) is 0 Å². The largest absolute Gasteiger partial charge is 0.616 e. The number of hydrogen-bond donors (Lipinski definition) is 2. The van der Waals surface area contributed by atoms with E-state index in [1.807, 2.05) is 0 Å². The summed E-state index contributed by atoms with van der Waals surface area (Å²) in [7, 11) is -3.95. The van der Waals surface area contributed by atoms with Gasteiger partial charge in [-0.3, -0.25) is 4.79 Å². The highest BCUT2D eigenvalue weighted by atomic mass is 35.5. The van der Waals surface area contributed by atoms with Crippen molar-refractivity contribution in [1.82, 2.24) is 9.29 Å². The van der Waals surface area contributed by atoms with Gasteiger partial charge in [0.2, 0.25) is 10.0 Å². The number of nitrogens with two attached hydrogens (primary N) is 1. The molecule has 1 saturated heterocycles. The van der Waals surface area contributed by atoms with Crippen LogP contribution in [-0.2, 0) is 21.2 Å². The number of hydrogen-bond acceptors (Lipinski definition) is 4. The molecule has 3 N–H and O–H groups in total. The number of H-pyrrole nitrogens is 1. The van der Waals surface area contributed by atoms with Crippen LogP contribution in [0.1, 0.15) is 10.5 Å². The first-order valence-corrected chi connectivity index (χ1v) is 10.1. The summed E-state index contributed by atoms with van der Waals surface area (Å²) in [4.78, 5) is 14.3. The van der Waals surface area contributed by atoms with E-state index in [0.29, 0.717) is 15.9 Å². The minimum Gasteiger partial charge on any atom is -0.616 e. The van der Waals surface area contributed by atoms with E-state index < -0.39 is 27.1 Å². The van der Waals surface area contributed by atoms with Crippen LogP contribution >= 0.6 is 11.6 Å². The second-order valence-electron chi connectivity index (χ2n) is 5.14. The maximum absolute atomic E-state index is 13.0. The van der Waals surface area contributed by atoms with E-state index in [1.54, 1.807) is 12.1 Å². The van der Waals surface area contributed by atoms with Gasteiger partial charge in [0, 0.05) is 15.9 Å². The number of sulfonamides is 1. The number of nitrogens with zero attached hydrogens (tertiary/aromatic N) is 1. The molecule has 2 aromatic rings. The third-order valence-corrected chi connectivity index (χ3v) is 7.19. The number of aromatic nitrogens is 1. The van der Waals surface area contributed by atoms with Gasteiger partial charge in [0.05, 0.1) is 13.1 Å². The van der Waals surface area contributed by atoms with Crippen LogP contribution < -0.4 is 5.73 Å². The lowest BCUT2D eigenvalue weighted by molar-refractivity contribution is 0.0993. The van der Waals surface area contributed by atoms with Crippen molar-refractivity contribution in [2.75, 3.05) is 24.6 Å². The van der Waals surface area contributed by atoms with Gasteiger partial charge in [0.25, 0.3) is 5.91 Å². The average Bonchev–Trinajstić information content (AvgIpc) is 2.87. The molecule has 0 bridgehead atoms. The van der Waals surface area contributed by atoms with Crippen LogP contribution in [0.5, 0.6) is 0 Å². The third kappa shape index (κ3) is 2.94. The summed E-state index contributed by atoms with van der Waals surface area (Å²) in [5.74, 6) is -0.320. The summed E-state index contributed by atoms with van der Waals surface area (Å²) in [6.07, 6.45) is 0. The van der Waals surface area contributed by atoms with Crippen molar-refractivity contribution >= 4 is 49.6 Å². The van der Waals surface area contributed by atoms with Crippen molar-refractivity contribution in [2.45, 2.75) is 4.90 Å². The Balaban J connectivity index is 2.19. The predicted molar refractivity (Wildman–Crippen MR) is 88.5 cm³/mol. The third-order valence-electron chi connectivity index (χ3n) is 3.69. The van der Waals surface area contributed by atoms with Crippen molar-refractivity contribution < 1.29 is 17.8 Å². The molecule has 0 atom stereocenters. The van der Waals surface area contributed by atoms with Crippen LogP contribution in [0.3, 0.4) is 0 Å². The molecule has 7 nitrogen and oxygen atoms in total. The van der Waals surface area contributed by atoms with Gasteiger partial charge < -0.3 is 15.3 Å². The number of nitrogens with one attached hydrogen (secondary N) is 1. The zero-order chi connectivity index (χ0) is 16.8. The maximum atomic E-state index is 13.0. The Bertz CT molecular complexity index is 873. The molecule has 2 heterocycles. The van der Waals surface area contributed by atoms with Crippen molar-refractivity contribution in [2.24, 2.45) is 5.73 Å². The molecule has 0 radical (unpaired) electrons. The lowest BCUT2D eigenvalue weighted by Gasteiger charge is -2.27. The Morgan fingerprint density at radius 2 is 2.00 bits per heavy atom. The number of aromatic amines is 1. The van der Waals surface area contributed by atoms with Gasteiger partial charge in [-0.2, -0.15) is 4.31 Å². The standard InChI is InChI=1S/C13H14ClN3O4S2/c14-8-1-2-10-9(7-8)12(11(16-10)13(15)18)23(20,21)17-3-5-22(19)6-4-17/h1-2,7,16H,3-6H2,(H2,15,18). The fraction of sp³-hybridized carbons (Fsp3) is 0.308. The highest BCUT2D eigenvalue weighted by Gasteiger charge is 2.35. The first-order valence-electron chi connectivity index (χ1n) is 6.77. The minimum atomic E-state index is -3.95. The molecular formula is C13H14ClN3O4S2. The summed E-state index contributed by atoms with van der Waals surface area (Å²) in [6.45, 7) is 0.279. The highest BCUT2D eigenvalue weighted by molar-refractivity contribution is 7.92. The quantitative estimate of drug-likeness (QED) is 0.766. The molecule has 1 aliphatic rings. The zero-order valence-corrected chi connectivity index (χ0v) is 14.3. The Hall–Kier alpha value is -1.26. The molecule has 1 fully saturated rings. The Morgan fingerprint density at radius 3 is 2.61 bits per heavy atom. The molecule has 0 aliphatic carbocycles. The van der Waals surface area contributed by atoms with Crippen LogP contribution in [0, 0.1) is 0 Å². The molecule has 0 saturated carbocycles. The molecule has 1 aromatic heterocycles. The number of benzene rings is 1. The maximum Gasteiger partial charge on any atom is 0.266 e. The second-order valence-corrected chi connectivity index (χ2v) is 9.14. The van der Waals surface area contributed by atoms with E-state index in [2.05, 4.69) is 4.98 Å².